The molecule has 1 aliphatic carbocycles. The standard InChI is InChI=1S/C26H12F6N4O2/c1-34-36-22-20-5-3-2-4-19(20)21(35-14-33)23(37-17-10-6-15(7-11-17)25(27,28)29)24(22)38-18-12-8-16(9-13-18)26(30,31)32/h2-13H. The second-order valence-corrected chi connectivity index (χ2v) is 7.56. The maximum atomic E-state index is 13.0. The summed E-state index contributed by atoms with van der Waals surface area (Å²) in [6.45, 7) is 7.25. The predicted octanol–water partition coefficient (Wildman–Crippen LogP) is 7.00. The van der Waals surface area contributed by atoms with Crippen molar-refractivity contribution in [2.45, 2.75) is 12.4 Å². The molecule has 0 saturated carbocycles. The van der Waals surface area contributed by atoms with Crippen LogP contribution in [-0.2, 0) is 12.4 Å². The van der Waals surface area contributed by atoms with Gasteiger partial charge in [0.25, 0.3) is 0 Å². The Balaban J connectivity index is 1.89. The molecule has 0 fully saturated rings. The molecule has 0 saturated heterocycles. The first-order valence-corrected chi connectivity index (χ1v) is 10.5. The fourth-order valence-corrected chi connectivity index (χ4v) is 3.52. The summed E-state index contributed by atoms with van der Waals surface area (Å²) in [5.41, 5.74) is -1.44. The summed E-state index contributed by atoms with van der Waals surface area (Å²) in [5, 5.41) is 13.1. The maximum Gasteiger partial charge on any atom is 0.416 e. The summed E-state index contributed by atoms with van der Waals surface area (Å²) in [7, 11) is 0. The molecule has 3 aromatic carbocycles. The highest BCUT2D eigenvalue weighted by Gasteiger charge is 2.36. The van der Waals surface area contributed by atoms with Crippen molar-refractivity contribution in [2.24, 2.45) is 10.1 Å². The summed E-state index contributed by atoms with van der Waals surface area (Å²) < 4.78 is 89.7. The molecule has 190 valence electrons. The van der Waals surface area contributed by atoms with Crippen molar-refractivity contribution in [3.63, 3.8) is 0 Å². The van der Waals surface area contributed by atoms with E-state index in [0.717, 1.165) is 48.5 Å². The van der Waals surface area contributed by atoms with Crippen molar-refractivity contribution >= 4 is 11.4 Å². The van der Waals surface area contributed by atoms with E-state index in [1.54, 1.807) is 30.5 Å². The minimum Gasteiger partial charge on any atom is -0.451 e. The zero-order valence-electron chi connectivity index (χ0n) is 18.8. The molecule has 0 unspecified atom stereocenters. The SMILES string of the molecule is [C-]#[N+]N=C1C(Oc2ccc(C(F)(F)F)cc2)=C(Oc2ccc(C(F)(F)F)cc2)C(=NC#N)c2ccccc21. The van der Waals surface area contributed by atoms with Gasteiger partial charge in [-0.25, -0.2) is 0 Å². The molecule has 0 spiro atoms. The summed E-state index contributed by atoms with van der Waals surface area (Å²) >= 11 is 0. The van der Waals surface area contributed by atoms with Crippen LogP contribution >= 0.6 is 0 Å². The van der Waals surface area contributed by atoms with Crippen LogP contribution in [0.2, 0.25) is 0 Å². The quantitative estimate of drug-likeness (QED) is 0.159. The van der Waals surface area contributed by atoms with Crippen molar-refractivity contribution in [3.8, 4) is 17.7 Å². The molecule has 4 rings (SSSR count). The van der Waals surface area contributed by atoms with E-state index in [1.165, 1.54) is 0 Å². The molecule has 0 radical (unpaired) electrons. The van der Waals surface area contributed by atoms with Gasteiger partial charge in [-0.3, -0.25) is 0 Å². The molecule has 6 nitrogen and oxygen atoms in total. The highest BCUT2D eigenvalue weighted by Crippen LogP contribution is 2.35. The van der Waals surface area contributed by atoms with Gasteiger partial charge in [-0.2, -0.15) is 43.2 Å². The van der Waals surface area contributed by atoms with E-state index in [9.17, 15) is 31.6 Å². The molecule has 0 heterocycles. The third-order valence-electron chi connectivity index (χ3n) is 5.19. The average molecular weight is 526 g/mol. The van der Waals surface area contributed by atoms with Crippen molar-refractivity contribution in [1.82, 2.24) is 0 Å². The van der Waals surface area contributed by atoms with Crippen LogP contribution in [0.25, 0.3) is 4.95 Å². The molecule has 12 heteroatoms. The van der Waals surface area contributed by atoms with Crippen LogP contribution in [0.15, 0.2) is 94.4 Å². The van der Waals surface area contributed by atoms with Gasteiger partial charge in [0.1, 0.15) is 17.2 Å². The molecular formula is C26H12F6N4O2. The lowest BCUT2D eigenvalue weighted by atomic mass is 9.91. The Bertz CT molecular complexity index is 1420. The lowest BCUT2D eigenvalue weighted by Gasteiger charge is -2.24. The first-order chi connectivity index (χ1) is 18.0. The van der Waals surface area contributed by atoms with E-state index >= 15 is 0 Å². The predicted molar refractivity (Wildman–Crippen MR) is 123 cm³/mol. The van der Waals surface area contributed by atoms with E-state index in [1.807, 2.05) is 0 Å². The minimum atomic E-state index is -4.60. The Morgan fingerprint density at radius 2 is 1.11 bits per heavy atom. The number of benzene rings is 3. The minimum absolute atomic E-state index is 0.0886. The number of alkyl halides is 6. The number of fused-ring (bicyclic) bond motifs is 1. The zero-order chi connectivity index (χ0) is 27.5. The second kappa shape index (κ2) is 10.1. The molecule has 0 aromatic heterocycles. The van der Waals surface area contributed by atoms with Crippen LogP contribution in [-0.4, -0.2) is 11.4 Å². The Labute approximate surface area is 211 Å². The van der Waals surface area contributed by atoms with Gasteiger partial charge in [0.2, 0.25) is 12.0 Å². The third-order valence-corrected chi connectivity index (χ3v) is 5.19. The van der Waals surface area contributed by atoms with E-state index in [2.05, 4.69) is 15.0 Å². The van der Waals surface area contributed by atoms with Gasteiger partial charge in [-0.15, -0.1) is 4.95 Å². The number of rotatable bonds is 4. The Morgan fingerprint density at radius 3 is 1.50 bits per heavy atom. The number of allylic oxidation sites excluding steroid dienone is 2. The van der Waals surface area contributed by atoms with E-state index in [-0.39, 0.29) is 34.4 Å². The van der Waals surface area contributed by atoms with Crippen molar-refractivity contribution in [3.05, 3.63) is 118 Å². The van der Waals surface area contributed by atoms with Gasteiger partial charge in [0.15, 0.2) is 11.5 Å². The lowest BCUT2D eigenvalue weighted by molar-refractivity contribution is -0.138. The summed E-state index contributed by atoms with van der Waals surface area (Å²) in [6.07, 6.45) is -7.57. The highest BCUT2D eigenvalue weighted by atomic mass is 19.4. The monoisotopic (exact) mass is 526 g/mol. The zero-order valence-corrected chi connectivity index (χ0v) is 18.8. The van der Waals surface area contributed by atoms with Gasteiger partial charge in [-0.1, -0.05) is 24.3 Å². The Morgan fingerprint density at radius 1 is 0.684 bits per heavy atom. The van der Waals surface area contributed by atoms with Crippen LogP contribution in [0.4, 0.5) is 26.3 Å². The average Bonchev–Trinajstić information content (AvgIpc) is 2.87. The Kier molecular flexibility index (Phi) is 6.91. The van der Waals surface area contributed by atoms with E-state index in [0.29, 0.717) is 11.1 Å². The smallest absolute Gasteiger partial charge is 0.416 e. The number of nitriles is 1. The van der Waals surface area contributed by atoms with E-state index in [4.69, 9.17) is 16.0 Å². The van der Waals surface area contributed by atoms with Crippen LogP contribution in [0.5, 0.6) is 11.5 Å². The van der Waals surface area contributed by atoms with Crippen LogP contribution in [0, 0.1) is 18.0 Å². The number of ether oxygens (including phenoxy) is 2. The molecule has 0 N–H and O–H groups in total. The maximum absolute atomic E-state index is 13.0. The van der Waals surface area contributed by atoms with E-state index < -0.39 is 23.5 Å². The number of nitrogens with zero attached hydrogens (tertiary/aromatic N) is 4. The number of halogens is 6. The number of aliphatic imine (C=N–C) groups is 1. The van der Waals surface area contributed by atoms with Gasteiger partial charge in [0.05, 0.1) is 16.2 Å². The Hall–Kier alpha value is -5.10. The summed E-state index contributed by atoms with van der Waals surface area (Å²) in [5.74, 6) is -0.774. The van der Waals surface area contributed by atoms with Crippen LogP contribution in [0.3, 0.4) is 0 Å². The van der Waals surface area contributed by atoms with Crippen molar-refractivity contribution in [2.75, 3.05) is 0 Å². The lowest BCUT2D eigenvalue weighted by Crippen LogP contribution is -2.28. The molecule has 1 aliphatic rings. The van der Waals surface area contributed by atoms with Crippen molar-refractivity contribution < 1.29 is 35.8 Å². The number of hydrogen-bond acceptors (Lipinski definition) is 5. The molecule has 3 aromatic rings. The first kappa shape index (κ1) is 26.0. The van der Waals surface area contributed by atoms with Gasteiger partial charge in [-0.05, 0) is 48.5 Å². The van der Waals surface area contributed by atoms with Crippen LogP contribution < -0.4 is 9.47 Å². The normalized spacial score (nSPS) is 15.6. The fraction of sp³-hybridized carbons (Fsp3) is 0.0769. The van der Waals surface area contributed by atoms with Crippen LogP contribution in [0.1, 0.15) is 22.3 Å². The topological polar surface area (TPSA) is 71.3 Å². The van der Waals surface area contributed by atoms with Gasteiger partial charge < -0.3 is 9.47 Å². The molecular weight excluding hydrogens is 514 g/mol. The first-order valence-electron chi connectivity index (χ1n) is 10.5. The molecule has 38 heavy (non-hydrogen) atoms. The van der Waals surface area contributed by atoms with Gasteiger partial charge in [0, 0.05) is 11.1 Å². The fourth-order valence-electron chi connectivity index (χ4n) is 3.52. The summed E-state index contributed by atoms with van der Waals surface area (Å²) in [4.78, 5) is 6.83. The number of hydrogen-bond donors (Lipinski definition) is 0. The van der Waals surface area contributed by atoms with Gasteiger partial charge >= 0.3 is 12.4 Å². The molecule has 0 bridgehead atoms. The third kappa shape index (κ3) is 5.34. The highest BCUT2D eigenvalue weighted by molar-refractivity contribution is 6.29. The summed E-state index contributed by atoms with van der Waals surface area (Å²) in [6, 6.07) is 13.6. The molecule has 0 amide bonds. The molecule has 0 aliphatic heterocycles. The second-order valence-electron chi connectivity index (χ2n) is 7.56. The molecule has 0 atom stereocenters. The largest absolute Gasteiger partial charge is 0.451 e. The van der Waals surface area contributed by atoms with Crippen molar-refractivity contribution in [1.29, 1.82) is 5.26 Å².